The molecule has 2 aliphatic rings. The number of amides is 1. The second-order valence-corrected chi connectivity index (χ2v) is 9.84. The number of rotatable bonds is 3. The van der Waals surface area contributed by atoms with Crippen LogP contribution in [0.15, 0.2) is 28.9 Å². The number of nitrogens with zero attached hydrogens (tertiary/aromatic N) is 5. The molecule has 2 aromatic heterocycles. The SMILES string of the molecule is CC(C)(C)OC(=O)N1CCC(c2noc(-c3ccc4cnn([C@H]5C[C@@H](O)C5)c4c3)n2)CC1. The quantitative estimate of drug-likeness (QED) is 0.660. The van der Waals surface area contributed by atoms with Crippen LogP contribution in [0.25, 0.3) is 22.4 Å². The summed E-state index contributed by atoms with van der Waals surface area (Å²) >= 11 is 0. The van der Waals surface area contributed by atoms with E-state index in [0.29, 0.717) is 24.8 Å². The molecule has 1 N–H and O–H groups in total. The molecular formula is C23H29N5O4. The molecule has 170 valence electrons. The Balaban J connectivity index is 1.28. The third-order valence-electron chi connectivity index (χ3n) is 6.23. The van der Waals surface area contributed by atoms with E-state index < -0.39 is 5.60 Å². The number of ether oxygens (including phenoxy) is 1. The average Bonchev–Trinajstić information content (AvgIpc) is 3.37. The van der Waals surface area contributed by atoms with E-state index in [9.17, 15) is 9.90 Å². The van der Waals surface area contributed by atoms with Crippen LogP contribution in [-0.4, -0.2) is 60.8 Å². The summed E-state index contributed by atoms with van der Waals surface area (Å²) in [5.74, 6) is 1.31. The summed E-state index contributed by atoms with van der Waals surface area (Å²) in [5.41, 5.74) is 1.36. The minimum Gasteiger partial charge on any atom is -0.444 e. The number of hydrogen-bond donors (Lipinski definition) is 1. The summed E-state index contributed by atoms with van der Waals surface area (Å²) in [7, 11) is 0. The molecule has 0 spiro atoms. The van der Waals surface area contributed by atoms with E-state index in [0.717, 1.165) is 42.1 Å². The number of hydrogen-bond acceptors (Lipinski definition) is 7. The van der Waals surface area contributed by atoms with Gasteiger partial charge in [-0.1, -0.05) is 11.2 Å². The van der Waals surface area contributed by atoms with Crippen LogP contribution in [0.1, 0.15) is 64.2 Å². The molecule has 3 heterocycles. The van der Waals surface area contributed by atoms with Crippen LogP contribution in [0.4, 0.5) is 4.79 Å². The fourth-order valence-electron chi connectivity index (χ4n) is 4.39. The number of aliphatic hydroxyl groups excluding tert-OH is 1. The van der Waals surface area contributed by atoms with Crippen molar-refractivity contribution >= 4 is 17.0 Å². The van der Waals surface area contributed by atoms with Crippen LogP contribution in [0, 0.1) is 0 Å². The van der Waals surface area contributed by atoms with Gasteiger partial charge in [-0.15, -0.1) is 0 Å². The maximum absolute atomic E-state index is 12.3. The van der Waals surface area contributed by atoms with Crippen LogP contribution in [-0.2, 0) is 4.74 Å². The smallest absolute Gasteiger partial charge is 0.410 e. The van der Waals surface area contributed by atoms with Crippen molar-refractivity contribution in [3.63, 3.8) is 0 Å². The Morgan fingerprint density at radius 3 is 2.66 bits per heavy atom. The van der Waals surface area contributed by atoms with Gasteiger partial charge in [-0.2, -0.15) is 10.1 Å². The molecule has 0 unspecified atom stereocenters. The standard InChI is InChI=1S/C23H29N5O4/c1-23(2,3)31-22(30)27-8-6-14(7-9-27)20-25-21(32-26-20)15-4-5-16-13-24-28(19(16)10-15)17-11-18(29)12-17/h4-5,10,13-14,17-18,29H,6-9,11-12H2,1-3H3/t17-,18+. The number of carbonyl (C=O) groups is 1. The molecule has 1 saturated heterocycles. The lowest BCUT2D eigenvalue weighted by atomic mass is 9.89. The van der Waals surface area contributed by atoms with E-state index in [-0.39, 0.29) is 24.2 Å². The zero-order chi connectivity index (χ0) is 22.5. The average molecular weight is 440 g/mol. The Kier molecular flexibility index (Phi) is 5.16. The molecule has 2 fully saturated rings. The zero-order valence-corrected chi connectivity index (χ0v) is 18.7. The maximum atomic E-state index is 12.3. The number of aliphatic hydroxyl groups is 1. The van der Waals surface area contributed by atoms with Crippen LogP contribution < -0.4 is 0 Å². The minimum absolute atomic E-state index is 0.150. The zero-order valence-electron chi connectivity index (χ0n) is 18.7. The van der Waals surface area contributed by atoms with Gasteiger partial charge in [0.05, 0.1) is 23.9 Å². The van der Waals surface area contributed by atoms with E-state index in [1.165, 1.54) is 0 Å². The van der Waals surface area contributed by atoms with Gasteiger partial charge >= 0.3 is 6.09 Å². The number of fused-ring (bicyclic) bond motifs is 1. The minimum atomic E-state index is -0.495. The molecule has 0 radical (unpaired) electrons. The molecule has 1 aromatic carbocycles. The van der Waals surface area contributed by atoms with E-state index in [2.05, 4.69) is 15.2 Å². The summed E-state index contributed by atoms with van der Waals surface area (Å²) in [6.45, 7) is 6.85. The van der Waals surface area contributed by atoms with E-state index in [1.54, 1.807) is 4.90 Å². The highest BCUT2D eigenvalue weighted by atomic mass is 16.6. The first-order valence-electron chi connectivity index (χ1n) is 11.2. The Bertz CT molecular complexity index is 1120. The van der Waals surface area contributed by atoms with E-state index >= 15 is 0 Å². The largest absolute Gasteiger partial charge is 0.444 e. The second kappa shape index (κ2) is 7.88. The maximum Gasteiger partial charge on any atom is 0.410 e. The summed E-state index contributed by atoms with van der Waals surface area (Å²) in [4.78, 5) is 18.7. The van der Waals surface area contributed by atoms with Crippen molar-refractivity contribution in [2.45, 2.75) is 70.1 Å². The number of piperidine rings is 1. The van der Waals surface area contributed by atoms with Crippen molar-refractivity contribution in [1.82, 2.24) is 24.8 Å². The number of aromatic nitrogens is 4. The molecule has 32 heavy (non-hydrogen) atoms. The van der Waals surface area contributed by atoms with Gasteiger partial charge in [0.25, 0.3) is 5.89 Å². The lowest BCUT2D eigenvalue weighted by molar-refractivity contribution is 0.0202. The second-order valence-electron chi connectivity index (χ2n) is 9.84. The molecule has 9 heteroatoms. The number of carbonyl (C=O) groups excluding carboxylic acids is 1. The highest BCUT2D eigenvalue weighted by Gasteiger charge is 2.31. The first kappa shape index (κ1) is 20.9. The van der Waals surface area contributed by atoms with Crippen molar-refractivity contribution in [1.29, 1.82) is 0 Å². The fourth-order valence-corrected chi connectivity index (χ4v) is 4.39. The Morgan fingerprint density at radius 2 is 1.97 bits per heavy atom. The lowest BCUT2D eigenvalue weighted by Crippen LogP contribution is -2.41. The molecule has 0 bridgehead atoms. The van der Waals surface area contributed by atoms with Gasteiger partial charge in [-0.05, 0) is 58.6 Å². The van der Waals surface area contributed by atoms with Gasteiger partial charge in [-0.25, -0.2) is 4.79 Å². The third-order valence-corrected chi connectivity index (χ3v) is 6.23. The number of benzene rings is 1. The highest BCUT2D eigenvalue weighted by Crippen LogP contribution is 2.35. The van der Waals surface area contributed by atoms with Gasteiger partial charge in [0.15, 0.2) is 5.82 Å². The Morgan fingerprint density at radius 1 is 1.22 bits per heavy atom. The van der Waals surface area contributed by atoms with Crippen LogP contribution >= 0.6 is 0 Å². The molecule has 3 aromatic rings. The third kappa shape index (κ3) is 4.09. The van der Waals surface area contributed by atoms with Crippen molar-refractivity contribution in [2.24, 2.45) is 0 Å². The molecule has 1 saturated carbocycles. The van der Waals surface area contributed by atoms with Crippen LogP contribution in [0.2, 0.25) is 0 Å². The van der Waals surface area contributed by atoms with E-state index in [1.807, 2.05) is 49.8 Å². The summed E-state index contributed by atoms with van der Waals surface area (Å²) < 4.78 is 13.0. The van der Waals surface area contributed by atoms with Crippen LogP contribution in [0.3, 0.4) is 0 Å². The van der Waals surface area contributed by atoms with Crippen LogP contribution in [0.5, 0.6) is 0 Å². The predicted octanol–water partition coefficient (Wildman–Crippen LogP) is 3.90. The predicted molar refractivity (Wildman–Crippen MR) is 117 cm³/mol. The number of likely N-dealkylation sites (tertiary alicyclic amines) is 1. The summed E-state index contributed by atoms with van der Waals surface area (Å²) in [5, 5.41) is 19.4. The molecule has 0 atom stereocenters. The van der Waals surface area contributed by atoms with Gasteiger partial charge < -0.3 is 19.3 Å². The first-order valence-corrected chi connectivity index (χ1v) is 11.2. The Hall–Kier alpha value is -2.94. The highest BCUT2D eigenvalue weighted by molar-refractivity contribution is 5.83. The molecule has 5 rings (SSSR count). The van der Waals surface area contributed by atoms with Crippen molar-refractivity contribution in [3.8, 4) is 11.5 Å². The van der Waals surface area contributed by atoms with Crippen molar-refractivity contribution < 1.29 is 19.2 Å². The topological polar surface area (TPSA) is 107 Å². The van der Waals surface area contributed by atoms with Crippen molar-refractivity contribution in [2.75, 3.05) is 13.1 Å². The summed E-state index contributed by atoms with van der Waals surface area (Å²) in [6, 6.07) is 6.22. The normalized spacial score (nSPS) is 22.2. The molecule has 1 aliphatic heterocycles. The van der Waals surface area contributed by atoms with E-state index in [4.69, 9.17) is 9.26 Å². The van der Waals surface area contributed by atoms with Crippen molar-refractivity contribution in [3.05, 3.63) is 30.2 Å². The molecule has 9 nitrogen and oxygen atoms in total. The fraction of sp³-hybridized carbons (Fsp3) is 0.565. The van der Waals surface area contributed by atoms with Gasteiger partial charge in [-0.3, -0.25) is 4.68 Å². The lowest BCUT2D eigenvalue weighted by Gasteiger charge is -2.32. The molecular weight excluding hydrogens is 410 g/mol. The molecule has 1 amide bonds. The summed E-state index contributed by atoms with van der Waals surface area (Å²) in [6.07, 6.45) is 4.35. The van der Waals surface area contributed by atoms with Gasteiger partial charge in [0, 0.05) is 30.0 Å². The molecule has 1 aliphatic carbocycles. The van der Waals surface area contributed by atoms with Gasteiger partial charge in [0.2, 0.25) is 0 Å². The van der Waals surface area contributed by atoms with Gasteiger partial charge in [0.1, 0.15) is 5.60 Å². The Labute approximate surface area is 186 Å². The monoisotopic (exact) mass is 439 g/mol. The first-order chi connectivity index (χ1) is 15.3.